The van der Waals surface area contributed by atoms with Crippen molar-refractivity contribution in [3.8, 4) is 0 Å². The van der Waals surface area contributed by atoms with Crippen LogP contribution in [0.15, 0.2) is 18.2 Å². The Morgan fingerprint density at radius 1 is 1.44 bits per heavy atom. The molecule has 0 aromatic heterocycles. The summed E-state index contributed by atoms with van der Waals surface area (Å²) in [6.07, 6.45) is 0. The molecule has 0 aliphatic rings. The first-order chi connectivity index (χ1) is 8.49. The fourth-order valence-electron chi connectivity index (χ4n) is 1.38. The van der Waals surface area contributed by atoms with Gasteiger partial charge in [0, 0.05) is 11.6 Å². The lowest BCUT2D eigenvalue weighted by Gasteiger charge is -2.19. The number of rotatable bonds is 4. The molecule has 0 aliphatic heterocycles. The van der Waals surface area contributed by atoms with E-state index in [1.54, 1.807) is 6.92 Å². The van der Waals surface area contributed by atoms with Gasteiger partial charge in [-0.2, -0.15) is 0 Å². The van der Waals surface area contributed by atoms with Gasteiger partial charge < -0.3 is 9.64 Å². The number of nitrogens with zero attached hydrogens (tertiary/aromatic N) is 1. The lowest BCUT2D eigenvalue weighted by molar-refractivity contribution is -0.141. The van der Waals surface area contributed by atoms with Crippen LogP contribution in [0.3, 0.4) is 0 Å². The maximum absolute atomic E-state index is 13.5. The summed E-state index contributed by atoms with van der Waals surface area (Å²) < 4.78 is 18.0. The second-order valence-electron chi connectivity index (χ2n) is 3.52. The topological polar surface area (TPSA) is 46.6 Å². The number of hydrogen-bond donors (Lipinski definition) is 0. The highest BCUT2D eigenvalue weighted by molar-refractivity contribution is 6.31. The fourth-order valence-corrected chi connectivity index (χ4v) is 1.55. The zero-order chi connectivity index (χ0) is 13.7. The van der Waals surface area contributed by atoms with Gasteiger partial charge in [-0.1, -0.05) is 11.6 Å². The molecule has 0 aliphatic carbocycles. The molecule has 0 saturated carbocycles. The van der Waals surface area contributed by atoms with E-state index in [4.69, 9.17) is 11.6 Å². The summed E-state index contributed by atoms with van der Waals surface area (Å²) in [7, 11) is 1.22. The molecule has 0 N–H and O–H groups in total. The number of esters is 1. The molecule has 98 valence electrons. The molecule has 0 radical (unpaired) electrons. The predicted molar refractivity (Wildman–Crippen MR) is 65.0 cm³/mol. The molecular formula is C12H13ClFNO3. The number of carbonyl (C=O) groups excluding carboxylic acids is 2. The van der Waals surface area contributed by atoms with E-state index in [0.29, 0.717) is 0 Å². The molecule has 0 saturated heterocycles. The molecule has 1 rings (SSSR count). The fraction of sp³-hybridized carbons (Fsp3) is 0.333. The number of benzene rings is 1. The smallest absolute Gasteiger partial charge is 0.325 e. The highest BCUT2D eigenvalue weighted by Gasteiger charge is 2.20. The molecule has 4 nitrogen and oxygen atoms in total. The van der Waals surface area contributed by atoms with E-state index in [-0.39, 0.29) is 23.7 Å². The van der Waals surface area contributed by atoms with E-state index in [2.05, 4.69) is 4.74 Å². The summed E-state index contributed by atoms with van der Waals surface area (Å²) in [6.45, 7) is 1.72. The lowest BCUT2D eigenvalue weighted by Crippen LogP contribution is -2.36. The molecule has 1 aromatic carbocycles. The third kappa shape index (κ3) is 3.43. The van der Waals surface area contributed by atoms with Crippen LogP contribution in [0.4, 0.5) is 4.39 Å². The van der Waals surface area contributed by atoms with Crippen LogP contribution in [0.1, 0.15) is 17.3 Å². The van der Waals surface area contributed by atoms with Gasteiger partial charge in [-0.3, -0.25) is 9.59 Å². The van der Waals surface area contributed by atoms with Crippen molar-refractivity contribution in [2.75, 3.05) is 20.2 Å². The minimum Gasteiger partial charge on any atom is -0.468 e. The summed E-state index contributed by atoms with van der Waals surface area (Å²) in [5.74, 6) is -1.83. The van der Waals surface area contributed by atoms with E-state index in [9.17, 15) is 14.0 Å². The van der Waals surface area contributed by atoms with Gasteiger partial charge in [0.05, 0.1) is 12.7 Å². The van der Waals surface area contributed by atoms with Gasteiger partial charge in [0.2, 0.25) is 0 Å². The molecule has 0 heterocycles. The van der Waals surface area contributed by atoms with E-state index in [1.807, 2.05) is 0 Å². The molecule has 0 fully saturated rings. The Morgan fingerprint density at radius 3 is 2.67 bits per heavy atom. The van der Waals surface area contributed by atoms with Crippen LogP contribution in [0, 0.1) is 5.82 Å². The van der Waals surface area contributed by atoms with E-state index in [1.165, 1.54) is 24.1 Å². The van der Waals surface area contributed by atoms with Crippen LogP contribution in [0.5, 0.6) is 0 Å². The quantitative estimate of drug-likeness (QED) is 0.790. The van der Waals surface area contributed by atoms with Gasteiger partial charge in [-0.15, -0.1) is 0 Å². The summed E-state index contributed by atoms with van der Waals surface area (Å²) in [6, 6.07) is 3.70. The Kier molecular flexibility index (Phi) is 5.09. The number of ether oxygens (including phenoxy) is 1. The highest BCUT2D eigenvalue weighted by atomic mass is 35.5. The van der Waals surface area contributed by atoms with E-state index < -0.39 is 17.7 Å². The van der Waals surface area contributed by atoms with Crippen LogP contribution >= 0.6 is 11.6 Å². The van der Waals surface area contributed by atoms with Gasteiger partial charge in [-0.05, 0) is 25.1 Å². The van der Waals surface area contributed by atoms with Crippen LogP contribution in [0.2, 0.25) is 5.02 Å². The number of carbonyl (C=O) groups is 2. The zero-order valence-electron chi connectivity index (χ0n) is 10.1. The van der Waals surface area contributed by atoms with E-state index >= 15 is 0 Å². The van der Waals surface area contributed by atoms with Crippen molar-refractivity contribution >= 4 is 23.5 Å². The second kappa shape index (κ2) is 6.35. The largest absolute Gasteiger partial charge is 0.468 e. The maximum atomic E-state index is 13.5. The highest BCUT2D eigenvalue weighted by Crippen LogP contribution is 2.16. The Hall–Kier alpha value is -1.62. The lowest BCUT2D eigenvalue weighted by atomic mass is 10.2. The first kappa shape index (κ1) is 14.4. The average Bonchev–Trinajstić information content (AvgIpc) is 2.37. The van der Waals surface area contributed by atoms with Crippen molar-refractivity contribution in [2.45, 2.75) is 6.92 Å². The Bertz CT molecular complexity index is 465. The minimum absolute atomic E-state index is 0.159. The Labute approximate surface area is 109 Å². The molecule has 18 heavy (non-hydrogen) atoms. The van der Waals surface area contributed by atoms with Gasteiger partial charge >= 0.3 is 5.97 Å². The van der Waals surface area contributed by atoms with Crippen LogP contribution in [0.25, 0.3) is 0 Å². The van der Waals surface area contributed by atoms with Crippen molar-refractivity contribution in [2.24, 2.45) is 0 Å². The van der Waals surface area contributed by atoms with Gasteiger partial charge in [0.15, 0.2) is 0 Å². The summed E-state index contributed by atoms with van der Waals surface area (Å²) in [5, 5.41) is 0.258. The third-order valence-corrected chi connectivity index (χ3v) is 2.61. The van der Waals surface area contributed by atoms with Crippen LogP contribution in [-0.4, -0.2) is 37.0 Å². The van der Waals surface area contributed by atoms with Crippen molar-refractivity contribution in [3.63, 3.8) is 0 Å². The minimum atomic E-state index is -0.673. The molecule has 6 heteroatoms. The SMILES string of the molecule is CCN(CC(=O)OC)C(=O)c1cc(Cl)ccc1F. The molecule has 0 atom stereocenters. The monoisotopic (exact) mass is 273 g/mol. The Balaban J connectivity index is 2.96. The number of halogens is 2. The number of methoxy groups -OCH3 is 1. The van der Waals surface area contributed by atoms with E-state index in [0.717, 1.165) is 6.07 Å². The van der Waals surface area contributed by atoms with Crippen LogP contribution < -0.4 is 0 Å². The van der Waals surface area contributed by atoms with Gasteiger partial charge in [-0.25, -0.2) is 4.39 Å². The first-order valence-corrected chi connectivity index (χ1v) is 5.68. The standard InChI is InChI=1S/C12H13ClFNO3/c1-3-15(7-11(16)18-2)12(17)9-6-8(13)4-5-10(9)14/h4-6H,3,7H2,1-2H3. The number of hydrogen-bond acceptors (Lipinski definition) is 3. The van der Waals surface area contributed by atoms with Crippen molar-refractivity contribution in [1.29, 1.82) is 0 Å². The molecule has 0 spiro atoms. The second-order valence-corrected chi connectivity index (χ2v) is 3.96. The first-order valence-electron chi connectivity index (χ1n) is 5.30. The summed E-state index contributed by atoms with van der Waals surface area (Å²) >= 11 is 5.71. The third-order valence-electron chi connectivity index (χ3n) is 2.38. The molecular weight excluding hydrogens is 261 g/mol. The van der Waals surface area contributed by atoms with Crippen molar-refractivity contribution in [1.82, 2.24) is 4.90 Å². The van der Waals surface area contributed by atoms with Crippen LogP contribution in [-0.2, 0) is 9.53 Å². The van der Waals surface area contributed by atoms with Crippen molar-refractivity contribution in [3.05, 3.63) is 34.6 Å². The zero-order valence-corrected chi connectivity index (χ0v) is 10.8. The molecule has 0 bridgehead atoms. The molecule has 0 unspecified atom stereocenters. The Morgan fingerprint density at radius 2 is 2.11 bits per heavy atom. The maximum Gasteiger partial charge on any atom is 0.325 e. The summed E-state index contributed by atoms with van der Waals surface area (Å²) in [5.41, 5.74) is -0.159. The number of likely N-dealkylation sites (N-methyl/N-ethyl adjacent to an activating group) is 1. The molecule has 1 amide bonds. The van der Waals surface area contributed by atoms with Crippen molar-refractivity contribution < 1.29 is 18.7 Å². The van der Waals surface area contributed by atoms with Gasteiger partial charge in [0.25, 0.3) is 5.91 Å². The predicted octanol–water partition coefficient (Wildman–Crippen LogP) is 2.11. The molecule has 1 aromatic rings. The average molecular weight is 274 g/mol. The normalized spacial score (nSPS) is 10.0. The van der Waals surface area contributed by atoms with Gasteiger partial charge in [0.1, 0.15) is 12.4 Å². The summed E-state index contributed by atoms with van der Waals surface area (Å²) in [4.78, 5) is 24.3. The number of amides is 1.